The van der Waals surface area contributed by atoms with Crippen LogP contribution in [0.3, 0.4) is 0 Å². The summed E-state index contributed by atoms with van der Waals surface area (Å²) in [5.74, 6) is 0.223. The fraction of sp³-hybridized carbons (Fsp3) is 0.360. The quantitative estimate of drug-likeness (QED) is 0.379. The minimum atomic E-state index is -0.0558. The van der Waals surface area contributed by atoms with E-state index < -0.39 is 0 Å². The SMILES string of the molecule is C[C@H](OCCCNC(=O)[C@H]1CC=CC[C@H]1c1nc2ccccc2s1)c1ccccc1. The number of hydrogen-bond acceptors (Lipinski definition) is 4. The number of allylic oxidation sites excluding steroid dienone is 2. The normalized spacial score (nSPS) is 19.6. The number of rotatable bonds is 8. The molecule has 0 spiro atoms. The average molecular weight is 421 g/mol. The Labute approximate surface area is 182 Å². The molecule has 4 nitrogen and oxygen atoms in total. The topological polar surface area (TPSA) is 51.2 Å². The highest BCUT2D eigenvalue weighted by Crippen LogP contribution is 2.38. The molecule has 0 bridgehead atoms. The number of fused-ring (bicyclic) bond motifs is 1. The molecule has 5 heteroatoms. The van der Waals surface area contributed by atoms with Crippen LogP contribution in [0.15, 0.2) is 66.7 Å². The average Bonchev–Trinajstić information content (AvgIpc) is 3.23. The molecular formula is C25H28N2O2S. The Morgan fingerprint density at radius 3 is 2.73 bits per heavy atom. The van der Waals surface area contributed by atoms with Gasteiger partial charge in [0, 0.05) is 19.1 Å². The van der Waals surface area contributed by atoms with Gasteiger partial charge in [-0.2, -0.15) is 0 Å². The first kappa shape index (κ1) is 20.8. The van der Waals surface area contributed by atoms with Crippen LogP contribution >= 0.6 is 11.3 Å². The Hall–Kier alpha value is -2.50. The lowest BCUT2D eigenvalue weighted by molar-refractivity contribution is -0.125. The second kappa shape index (κ2) is 10.0. The van der Waals surface area contributed by atoms with Crippen LogP contribution in [-0.2, 0) is 9.53 Å². The molecule has 1 amide bonds. The number of aromatic nitrogens is 1. The number of nitrogens with one attached hydrogen (secondary N) is 1. The van der Waals surface area contributed by atoms with E-state index in [0.29, 0.717) is 13.2 Å². The minimum Gasteiger partial charge on any atom is -0.374 e. The smallest absolute Gasteiger partial charge is 0.224 e. The van der Waals surface area contributed by atoms with Crippen molar-refractivity contribution >= 4 is 27.5 Å². The van der Waals surface area contributed by atoms with E-state index in [9.17, 15) is 4.79 Å². The number of benzene rings is 2. The minimum absolute atomic E-state index is 0.0558. The molecule has 30 heavy (non-hydrogen) atoms. The maximum absolute atomic E-state index is 12.9. The molecule has 0 radical (unpaired) electrons. The summed E-state index contributed by atoms with van der Waals surface area (Å²) in [5.41, 5.74) is 2.20. The maximum atomic E-state index is 12.9. The molecule has 4 rings (SSSR count). The third-order valence-corrected chi connectivity index (χ3v) is 6.82. The molecule has 0 saturated heterocycles. The number of para-hydroxylation sites is 1. The van der Waals surface area contributed by atoms with E-state index in [-0.39, 0.29) is 23.8 Å². The Balaban J connectivity index is 1.28. The molecule has 1 aromatic heterocycles. The van der Waals surface area contributed by atoms with Gasteiger partial charge < -0.3 is 10.1 Å². The highest BCUT2D eigenvalue weighted by atomic mass is 32.1. The number of ether oxygens (including phenoxy) is 1. The van der Waals surface area contributed by atoms with Crippen molar-refractivity contribution in [2.75, 3.05) is 13.2 Å². The molecule has 1 N–H and O–H groups in total. The van der Waals surface area contributed by atoms with E-state index in [1.807, 2.05) is 36.4 Å². The number of nitrogens with zero attached hydrogens (tertiary/aromatic N) is 1. The van der Waals surface area contributed by atoms with Crippen LogP contribution in [0.5, 0.6) is 0 Å². The fourth-order valence-corrected chi connectivity index (χ4v) is 5.07. The van der Waals surface area contributed by atoms with Gasteiger partial charge in [-0.1, -0.05) is 54.6 Å². The lowest BCUT2D eigenvalue weighted by Crippen LogP contribution is -2.35. The van der Waals surface area contributed by atoms with Gasteiger partial charge in [0.25, 0.3) is 0 Å². The van der Waals surface area contributed by atoms with Crippen LogP contribution < -0.4 is 5.32 Å². The van der Waals surface area contributed by atoms with E-state index >= 15 is 0 Å². The third-order valence-electron chi connectivity index (χ3n) is 5.65. The first-order chi connectivity index (χ1) is 14.7. The first-order valence-electron chi connectivity index (χ1n) is 10.7. The predicted molar refractivity (Wildman–Crippen MR) is 123 cm³/mol. The van der Waals surface area contributed by atoms with Gasteiger partial charge in [0.15, 0.2) is 0 Å². The predicted octanol–water partition coefficient (Wildman–Crippen LogP) is 5.63. The molecule has 1 aliphatic carbocycles. The third kappa shape index (κ3) is 4.97. The van der Waals surface area contributed by atoms with Crippen LogP contribution in [0.1, 0.15) is 48.8 Å². The van der Waals surface area contributed by atoms with Gasteiger partial charge in [0.05, 0.1) is 27.2 Å². The lowest BCUT2D eigenvalue weighted by Gasteiger charge is -2.26. The highest BCUT2D eigenvalue weighted by molar-refractivity contribution is 7.18. The summed E-state index contributed by atoms with van der Waals surface area (Å²) in [6.07, 6.45) is 6.81. The van der Waals surface area contributed by atoms with Crippen LogP contribution in [-0.4, -0.2) is 24.0 Å². The first-order valence-corrected chi connectivity index (χ1v) is 11.5. The Bertz CT molecular complexity index is 966. The Morgan fingerprint density at radius 1 is 1.13 bits per heavy atom. The number of hydrogen-bond donors (Lipinski definition) is 1. The van der Waals surface area contributed by atoms with E-state index in [0.717, 1.165) is 29.8 Å². The summed E-state index contributed by atoms with van der Waals surface area (Å²) in [4.78, 5) is 17.7. The summed E-state index contributed by atoms with van der Waals surface area (Å²) in [6, 6.07) is 18.4. The molecular weight excluding hydrogens is 392 g/mol. The van der Waals surface area contributed by atoms with E-state index in [2.05, 4.69) is 42.6 Å². The number of carbonyl (C=O) groups excluding carboxylic acids is 1. The van der Waals surface area contributed by atoms with Crippen molar-refractivity contribution in [3.63, 3.8) is 0 Å². The molecule has 3 aromatic rings. The number of carbonyl (C=O) groups is 1. The van der Waals surface area contributed by atoms with E-state index in [1.54, 1.807) is 11.3 Å². The monoisotopic (exact) mass is 420 g/mol. The van der Waals surface area contributed by atoms with Crippen molar-refractivity contribution in [3.8, 4) is 0 Å². The van der Waals surface area contributed by atoms with E-state index in [1.165, 1.54) is 10.3 Å². The zero-order valence-electron chi connectivity index (χ0n) is 17.3. The maximum Gasteiger partial charge on any atom is 0.224 e. The van der Waals surface area contributed by atoms with Gasteiger partial charge >= 0.3 is 0 Å². The van der Waals surface area contributed by atoms with Crippen LogP contribution in [0, 0.1) is 5.92 Å². The zero-order chi connectivity index (χ0) is 20.8. The van der Waals surface area contributed by atoms with Gasteiger partial charge in [0.1, 0.15) is 0 Å². The number of thiazole rings is 1. The molecule has 0 fully saturated rings. The highest BCUT2D eigenvalue weighted by Gasteiger charge is 2.32. The molecule has 0 unspecified atom stereocenters. The van der Waals surface area contributed by atoms with Gasteiger partial charge in [-0.3, -0.25) is 4.79 Å². The van der Waals surface area contributed by atoms with Crippen molar-refractivity contribution in [1.29, 1.82) is 0 Å². The zero-order valence-corrected chi connectivity index (χ0v) is 18.1. The van der Waals surface area contributed by atoms with Crippen molar-refractivity contribution in [2.24, 2.45) is 5.92 Å². The summed E-state index contributed by atoms with van der Waals surface area (Å²) in [5, 5.41) is 4.19. The molecule has 156 valence electrons. The summed E-state index contributed by atoms with van der Waals surface area (Å²) in [6.45, 7) is 3.32. The van der Waals surface area contributed by atoms with Crippen LogP contribution in [0.25, 0.3) is 10.2 Å². The van der Waals surface area contributed by atoms with Gasteiger partial charge in [-0.25, -0.2) is 4.98 Å². The van der Waals surface area contributed by atoms with Crippen LogP contribution in [0.2, 0.25) is 0 Å². The molecule has 2 aromatic carbocycles. The second-order valence-corrected chi connectivity index (χ2v) is 8.81. The Kier molecular flexibility index (Phi) is 6.92. The van der Waals surface area contributed by atoms with Crippen LogP contribution in [0.4, 0.5) is 0 Å². The lowest BCUT2D eigenvalue weighted by atomic mass is 9.82. The molecule has 1 aliphatic rings. The van der Waals surface area contributed by atoms with Crippen molar-refractivity contribution in [2.45, 2.75) is 38.2 Å². The van der Waals surface area contributed by atoms with Gasteiger partial charge in [-0.05, 0) is 43.9 Å². The van der Waals surface area contributed by atoms with E-state index in [4.69, 9.17) is 9.72 Å². The fourth-order valence-electron chi connectivity index (χ4n) is 3.92. The summed E-state index contributed by atoms with van der Waals surface area (Å²) < 4.78 is 7.09. The summed E-state index contributed by atoms with van der Waals surface area (Å²) >= 11 is 1.71. The largest absolute Gasteiger partial charge is 0.374 e. The van der Waals surface area contributed by atoms with Gasteiger partial charge in [-0.15, -0.1) is 11.3 Å². The standard InChI is InChI=1S/C25H28N2O2S/c1-18(19-10-3-2-4-11-19)29-17-9-16-26-24(28)20-12-5-6-13-21(20)25-27-22-14-7-8-15-23(22)30-25/h2-8,10-11,14-15,18,20-21H,9,12-13,16-17H2,1H3,(H,26,28)/t18-,20-,21+/m0/s1. The Morgan fingerprint density at radius 2 is 1.90 bits per heavy atom. The molecule has 0 aliphatic heterocycles. The van der Waals surface area contributed by atoms with Gasteiger partial charge in [0.2, 0.25) is 5.91 Å². The second-order valence-electron chi connectivity index (χ2n) is 7.74. The van der Waals surface area contributed by atoms with Crippen molar-refractivity contribution in [3.05, 3.63) is 77.3 Å². The molecule has 1 heterocycles. The summed E-state index contributed by atoms with van der Waals surface area (Å²) in [7, 11) is 0. The molecule has 0 saturated carbocycles. The van der Waals surface area contributed by atoms with Crippen molar-refractivity contribution in [1.82, 2.24) is 10.3 Å². The van der Waals surface area contributed by atoms with Crippen molar-refractivity contribution < 1.29 is 9.53 Å². The number of amides is 1. The molecule has 3 atom stereocenters.